The minimum Gasteiger partial charge on any atom is -0.354 e. The fourth-order valence-corrected chi connectivity index (χ4v) is 2.42. The van der Waals surface area contributed by atoms with Gasteiger partial charge in [0.05, 0.1) is 10.8 Å². The van der Waals surface area contributed by atoms with E-state index in [0.29, 0.717) is 23.9 Å². The van der Waals surface area contributed by atoms with Gasteiger partial charge in [0.1, 0.15) is 0 Å². The first-order valence-corrected chi connectivity index (χ1v) is 7.78. The largest absolute Gasteiger partial charge is 0.354 e. The predicted octanol–water partition coefficient (Wildman–Crippen LogP) is 2.32. The lowest BCUT2D eigenvalue weighted by Crippen LogP contribution is -2.36. The molecule has 6 heteroatoms. The molecule has 0 saturated carbocycles. The highest BCUT2D eigenvalue weighted by Gasteiger charge is 2.07. The van der Waals surface area contributed by atoms with Crippen molar-refractivity contribution < 1.29 is 9.59 Å². The lowest BCUT2D eigenvalue weighted by atomic mass is 10.2. The highest BCUT2D eigenvalue weighted by Crippen LogP contribution is 2.26. The molecular formula is C14H19ClN2O2S. The molecule has 0 unspecified atom stereocenters. The molecule has 110 valence electrons. The van der Waals surface area contributed by atoms with Gasteiger partial charge in [-0.1, -0.05) is 37.6 Å². The summed E-state index contributed by atoms with van der Waals surface area (Å²) in [6.07, 6.45) is 0. The van der Waals surface area contributed by atoms with Crippen molar-refractivity contribution in [2.75, 3.05) is 18.8 Å². The van der Waals surface area contributed by atoms with Crippen LogP contribution in [0.2, 0.25) is 5.02 Å². The third-order valence-electron chi connectivity index (χ3n) is 2.47. The molecule has 20 heavy (non-hydrogen) atoms. The van der Waals surface area contributed by atoms with E-state index < -0.39 is 0 Å². The molecule has 1 aromatic carbocycles. The first kappa shape index (κ1) is 16.9. The highest BCUT2D eigenvalue weighted by molar-refractivity contribution is 8.00. The van der Waals surface area contributed by atoms with Gasteiger partial charge in [0.15, 0.2) is 0 Å². The average Bonchev–Trinajstić information content (AvgIpc) is 2.42. The van der Waals surface area contributed by atoms with Crippen molar-refractivity contribution in [1.82, 2.24) is 10.6 Å². The van der Waals surface area contributed by atoms with Crippen LogP contribution in [-0.4, -0.2) is 30.7 Å². The fraction of sp³-hybridized carbons (Fsp3) is 0.429. The molecule has 0 aliphatic heterocycles. The van der Waals surface area contributed by atoms with E-state index in [1.165, 1.54) is 11.8 Å². The van der Waals surface area contributed by atoms with Crippen LogP contribution in [0, 0.1) is 5.92 Å². The van der Waals surface area contributed by atoms with Gasteiger partial charge in [0.2, 0.25) is 11.8 Å². The summed E-state index contributed by atoms with van der Waals surface area (Å²) < 4.78 is 0. The van der Waals surface area contributed by atoms with Crippen LogP contribution in [0.3, 0.4) is 0 Å². The summed E-state index contributed by atoms with van der Waals surface area (Å²) >= 11 is 7.39. The van der Waals surface area contributed by atoms with E-state index in [4.69, 9.17) is 11.6 Å². The molecule has 0 aromatic heterocycles. The number of hydrogen-bond donors (Lipinski definition) is 2. The molecule has 2 amide bonds. The molecule has 0 spiro atoms. The maximum Gasteiger partial charge on any atom is 0.230 e. The van der Waals surface area contributed by atoms with Gasteiger partial charge in [-0.2, -0.15) is 0 Å². The molecule has 0 fully saturated rings. The number of nitrogens with one attached hydrogen (secondary N) is 2. The van der Waals surface area contributed by atoms with Gasteiger partial charge in [-0.25, -0.2) is 0 Å². The van der Waals surface area contributed by atoms with Crippen molar-refractivity contribution in [1.29, 1.82) is 0 Å². The van der Waals surface area contributed by atoms with Crippen LogP contribution in [0.4, 0.5) is 0 Å². The molecule has 0 aliphatic carbocycles. The van der Waals surface area contributed by atoms with Crippen LogP contribution >= 0.6 is 23.4 Å². The Morgan fingerprint density at radius 2 is 1.85 bits per heavy atom. The van der Waals surface area contributed by atoms with Crippen LogP contribution in [0.1, 0.15) is 13.8 Å². The van der Waals surface area contributed by atoms with Crippen molar-refractivity contribution in [3.63, 3.8) is 0 Å². The van der Waals surface area contributed by atoms with E-state index in [2.05, 4.69) is 10.6 Å². The topological polar surface area (TPSA) is 58.2 Å². The Bertz CT molecular complexity index is 466. The Labute approximate surface area is 128 Å². The number of thioether (sulfide) groups is 1. The molecule has 2 N–H and O–H groups in total. The Morgan fingerprint density at radius 3 is 2.50 bits per heavy atom. The molecule has 4 nitrogen and oxygen atoms in total. The summed E-state index contributed by atoms with van der Waals surface area (Å²) in [6.45, 7) is 4.53. The summed E-state index contributed by atoms with van der Waals surface area (Å²) in [7, 11) is 0. The highest BCUT2D eigenvalue weighted by atomic mass is 35.5. The van der Waals surface area contributed by atoms with Crippen LogP contribution in [0.5, 0.6) is 0 Å². The zero-order valence-corrected chi connectivity index (χ0v) is 13.2. The third-order valence-corrected chi connectivity index (χ3v) is 3.98. The summed E-state index contributed by atoms with van der Waals surface area (Å²) in [5, 5.41) is 6.14. The van der Waals surface area contributed by atoms with E-state index in [-0.39, 0.29) is 17.7 Å². The van der Waals surface area contributed by atoms with Crippen molar-refractivity contribution in [2.24, 2.45) is 5.92 Å². The monoisotopic (exact) mass is 314 g/mol. The van der Waals surface area contributed by atoms with E-state index in [1.54, 1.807) is 6.07 Å². The van der Waals surface area contributed by atoms with Crippen LogP contribution in [-0.2, 0) is 9.59 Å². The Hall–Kier alpha value is -1.20. The molecule has 0 atom stereocenters. The maximum absolute atomic E-state index is 11.6. The van der Waals surface area contributed by atoms with E-state index >= 15 is 0 Å². The predicted molar refractivity (Wildman–Crippen MR) is 83.0 cm³/mol. The molecule has 0 radical (unpaired) electrons. The van der Waals surface area contributed by atoms with Crippen LogP contribution in [0.25, 0.3) is 0 Å². The van der Waals surface area contributed by atoms with E-state index in [0.717, 1.165) is 4.90 Å². The number of halogens is 1. The second-order valence-electron chi connectivity index (χ2n) is 4.51. The van der Waals surface area contributed by atoms with E-state index in [1.807, 2.05) is 32.0 Å². The molecule has 1 aromatic rings. The summed E-state index contributed by atoms with van der Waals surface area (Å²) in [5.74, 6) is 0.182. The summed E-state index contributed by atoms with van der Waals surface area (Å²) in [4.78, 5) is 23.8. The number of amides is 2. The van der Waals surface area contributed by atoms with Gasteiger partial charge in [-0.3, -0.25) is 9.59 Å². The lowest BCUT2D eigenvalue weighted by Gasteiger charge is -2.09. The van der Waals surface area contributed by atoms with Crippen molar-refractivity contribution in [2.45, 2.75) is 18.7 Å². The lowest BCUT2D eigenvalue weighted by molar-refractivity contribution is -0.124. The minimum absolute atomic E-state index is 0.00955. The Balaban J connectivity index is 2.18. The number of carbonyl (C=O) groups is 2. The summed E-state index contributed by atoms with van der Waals surface area (Å²) in [5.41, 5.74) is 0. The Morgan fingerprint density at radius 1 is 1.20 bits per heavy atom. The third kappa shape index (κ3) is 6.30. The van der Waals surface area contributed by atoms with Gasteiger partial charge in [0, 0.05) is 23.9 Å². The Kier molecular flexibility index (Phi) is 7.47. The molecule has 0 aliphatic rings. The van der Waals surface area contributed by atoms with Gasteiger partial charge >= 0.3 is 0 Å². The standard InChI is InChI=1S/C14H19ClN2O2S/c1-10(2)14(19)17-8-7-16-13(18)9-20-12-6-4-3-5-11(12)15/h3-6,10H,7-9H2,1-2H3,(H,16,18)(H,17,19). The van der Waals surface area contributed by atoms with Crippen molar-refractivity contribution >= 4 is 35.2 Å². The van der Waals surface area contributed by atoms with Crippen LogP contribution < -0.4 is 10.6 Å². The zero-order chi connectivity index (χ0) is 15.0. The molecule has 1 rings (SSSR count). The number of rotatable bonds is 7. The fourth-order valence-electron chi connectivity index (χ4n) is 1.35. The van der Waals surface area contributed by atoms with Gasteiger partial charge in [-0.05, 0) is 12.1 Å². The summed E-state index contributed by atoms with van der Waals surface area (Å²) in [6, 6.07) is 7.41. The van der Waals surface area contributed by atoms with Crippen molar-refractivity contribution in [3.05, 3.63) is 29.3 Å². The van der Waals surface area contributed by atoms with Crippen molar-refractivity contribution in [3.8, 4) is 0 Å². The normalized spacial score (nSPS) is 10.4. The van der Waals surface area contributed by atoms with Crippen LogP contribution in [0.15, 0.2) is 29.2 Å². The second-order valence-corrected chi connectivity index (χ2v) is 5.94. The van der Waals surface area contributed by atoms with Gasteiger partial charge in [-0.15, -0.1) is 11.8 Å². The molecule has 0 saturated heterocycles. The van der Waals surface area contributed by atoms with Gasteiger partial charge in [0.25, 0.3) is 0 Å². The maximum atomic E-state index is 11.6. The number of carbonyl (C=O) groups excluding carboxylic acids is 2. The first-order valence-electron chi connectivity index (χ1n) is 6.42. The first-order chi connectivity index (χ1) is 9.50. The number of benzene rings is 1. The molecule has 0 heterocycles. The number of hydrogen-bond acceptors (Lipinski definition) is 3. The quantitative estimate of drug-likeness (QED) is 0.600. The molecule has 0 bridgehead atoms. The second kappa shape index (κ2) is 8.87. The SMILES string of the molecule is CC(C)C(=O)NCCNC(=O)CSc1ccccc1Cl. The molecular weight excluding hydrogens is 296 g/mol. The van der Waals surface area contributed by atoms with Gasteiger partial charge < -0.3 is 10.6 Å². The minimum atomic E-state index is -0.0753. The average molecular weight is 315 g/mol. The zero-order valence-electron chi connectivity index (χ0n) is 11.6. The van der Waals surface area contributed by atoms with E-state index in [9.17, 15) is 9.59 Å². The smallest absolute Gasteiger partial charge is 0.230 e.